The summed E-state index contributed by atoms with van der Waals surface area (Å²) in [7, 11) is 0. The summed E-state index contributed by atoms with van der Waals surface area (Å²) in [5.41, 5.74) is 0.208. The Kier molecular flexibility index (Phi) is 3.38. The highest BCUT2D eigenvalue weighted by Crippen LogP contribution is 2.22. The van der Waals surface area contributed by atoms with Crippen LogP contribution in [0.5, 0.6) is 0 Å². The van der Waals surface area contributed by atoms with Gasteiger partial charge in [0, 0.05) is 13.1 Å². The Bertz CT molecular complexity index is 198. The minimum absolute atomic E-state index is 0.0589. The number of likely N-dealkylation sites (tertiary alicyclic amines) is 1. The Morgan fingerprint density at radius 2 is 2.15 bits per heavy atom. The molecule has 3 heteroatoms. The molecule has 1 rings (SSSR count). The number of nitrogens with zero attached hydrogens (tertiary/aromatic N) is 1. The lowest BCUT2D eigenvalue weighted by Crippen LogP contribution is -2.45. The van der Waals surface area contributed by atoms with Crippen LogP contribution in [0.1, 0.15) is 33.6 Å². The average Bonchev–Trinajstić information content (AvgIpc) is 1.96. The van der Waals surface area contributed by atoms with Gasteiger partial charge in [0.25, 0.3) is 0 Å². The molecule has 1 aliphatic rings. The quantitative estimate of drug-likeness (QED) is 0.652. The first kappa shape index (κ1) is 11.0. The van der Waals surface area contributed by atoms with Gasteiger partial charge in [0.2, 0.25) is 5.91 Å². The summed E-state index contributed by atoms with van der Waals surface area (Å²) in [6, 6.07) is 0. The van der Waals surface area contributed by atoms with E-state index in [4.69, 9.17) is 0 Å². The fourth-order valence-corrected chi connectivity index (χ4v) is 2.24. The van der Waals surface area contributed by atoms with E-state index in [2.05, 4.69) is 36.7 Å². The van der Waals surface area contributed by atoms with Gasteiger partial charge >= 0.3 is 0 Å². The molecule has 0 unspecified atom stereocenters. The van der Waals surface area contributed by atoms with Crippen LogP contribution in [-0.2, 0) is 4.79 Å². The normalized spacial score (nSPS) is 25.1. The Labute approximate surface area is 88.8 Å². The maximum absolute atomic E-state index is 11.7. The van der Waals surface area contributed by atoms with Gasteiger partial charge < -0.3 is 4.90 Å². The van der Waals surface area contributed by atoms with Crippen molar-refractivity contribution in [3.8, 4) is 0 Å². The minimum atomic E-state index is 0.0589. The van der Waals surface area contributed by atoms with E-state index in [-0.39, 0.29) is 16.1 Å². The number of carbonyl (C=O) groups is 1. The van der Waals surface area contributed by atoms with E-state index in [1.165, 1.54) is 0 Å². The summed E-state index contributed by atoms with van der Waals surface area (Å²) in [6.07, 6.45) is 2.11. The number of hydrogen-bond donors (Lipinski definition) is 0. The molecule has 0 aromatic rings. The summed E-state index contributed by atoms with van der Waals surface area (Å²) < 4.78 is 0. The van der Waals surface area contributed by atoms with Crippen LogP contribution in [0.15, 0.2) is 0 Å². The molecule has 1 heterocycles. The molecule has 1 atom stereocenters. The highest BCUT2D eigenvalue weighted by molar-refractivity contribution is 9.10. The predicted octanol–water partition coefficient (Wildman–Crippen LogP) is 2.42. The van der Waals surface area contributed by atoms with E-state index < -0.39 is 0 Å². The molecule has 1 fully saturated rings. The number of piperidine rings is 1. The first-order valence-electron chi connectivity index (χ1n) is 4.83. The highest BCUT2D eigenvalue weighted by atomic mass is 79.9. The third-order valence-electron chi connectivity index (χ3n) is 2.13. The van der Waals surface area contributed by atoms with Crippen LogP contribution in [-0.4, -0.2) is 28.7 Å². The Morgan fingerprint density at radius 3 is 2.69 bits per heavy atom. The summed E-state index contributed by atoms with van der Waals surface area (Å²) >= 11 is 3.41. The number of halogens is 1. The third kappa shape index (κ3) is 3.29. The smallest absolute Gasteiger partial charge is 0.236 e. The van der Waals surface area contributed by atoms with Crippen LogP contribution >= 0.6 is 15.9 Å². The first-order valence-corrected chi connectivity index (χ1v) is 5.74. The zero-order valence-electron chi connectivity index (χ0n) is 8.64. The SMILES string of the molecule is CC(C)(C)CN1CCC[C@@H](Br)C1=O. The van der Waals surface area contributed by atoms with Crippen LogP contribution in [0.2, 0.25) is 0 Å². The fourth-order valence-electron chi connectivity index (χ4n) is 1.62. The van der Waals surface area contributed by atoms with Crippen LogP contribution < -0.4 is 0 Å². The highest BCUT2D eigenvalue weighted by Gasteiger charge is 2.28. The number of rotatable bonds is 1. The molecule has 0 spiro atoms. The second-order valence-corrected chi connectivity index (χ2v) is 6.04. The number of carbonyl (C=O) groups excluding carboxylic acids is 1. The minimum Gasteiger partial charge on any atom is -0.341 e. The van der Waals surface area contributed by atoms with Gasteiger partial charge in [-0.2, -0.15) is 0 Å². The molecule has 0 aliphatic carbocycles. The van der Waals surface area contributed by atoms with Crippen molar-refractivity contribution >= 4 is 21.8 Å². The monoisotopic (exact) mass is 247 g/mol. The number of alkyl halides is 1. The third-order valence-corrected chi connectivity index (χ3v) is 2.98. The topological polar surface area (TPSA) is 20.3 Å². The van der Waals surface area contributed by atoms with E-state index in [1.807, 2.05) is 4.90 Å². The Balaban J connectivity index is 2.54. The Morgan fingerprint density at radius 1 is 1.54 bits per heavy atom. The van der Waals surface area contributed by atoms with Gasteiger partial charge in [-0.25, -0.2) is 0 Å². The molecule has 0 N–H and O–H groups in total. The van der Waals surface area contributed by atoms with E-state index >= 15 is 0 Å². The molecule has 1 saturated heterocycles. The second kappa shape index (κ2) is 3.99. The zero-order valence-corrected chi connectivity index (χ0v) is 10.2. The molecular weight excluding hydrogens is 230 g/mol. The van der Waals surface area contributed by atoms with Crippen molar-refractivity contribution in [1.29, 1.82) is 0 Å². The zero-order chi connectivity index (χ0) is 10.1. The van der Waals surface area contributed by atoms with Crippen molar-refractivity contribution in [2.45, 2.75) is 38.4 Å². The molecule has 1 amide bonds. The maximum Gasteiger partial charge on any atom is 0.236 e. The van der Waals surface area contributed by atoms with Crippen molar-refractivity contribution < 1.29 is 4.79 Å². The van der Waals surface area contributed by atoms with Gasteiger partial charge in [-0.15, -0.1) is 0 Å². The molecule has 1 aliphatic heterocycles. The summed E-state index contributed by atoms with van der Waals surface area (Å²) in [4.78, 5) is 13.7. The lowest BCUT2D eigenvalue weighted by atomic mass is 9.95. The molecule has 0 aromatic carbocycles. The van der Waals surface area contributed by atoms with Crippen LogP contribution in [0.3, 0.4) is 0 Å². The van der Waals surface area contributed by atoms with Gasteiger partial charge in [0.05, 0.1) is 4.83 Å². The lowest BCUT2D eigenvalue weighted by molar-refractivity contribution is -0.133. The van der Waals surface area contributed by atoms with Crippen LogP contribution in [0.25, 0.3) is 0 Å². The van der Waals surface area contributed by atoms with Crippen molar-refractivity contribution in [2.75, 3.05) is 13.1 Å². The average molecular weight is 248 g/mol. The standard InChI is InChI=1S/C10H18BrNO/c1-10(2,3)7-12-6-4-5-8(11)9(12)13/h8H,4-7H2,1-3H3/t8-/m1/s1. The Hall–Kier alpha value is -0.0500. The molecule has 0 bridgehead atoms. The lowest BCUT2D eigenvalue weighted by Gasteiger charge is -2.34. The second-order valence-electron chi connectivity index (χ2n) is 4.93. The largest absolute Gasteiger partial charge is 0.341 e. The van der Waals surface area contributed by atoms with Crippen molar-refractivity contribution in [3.05, 3.63) is 0 Å². The van der Waals surface area contributed by atoms with E-state index in [1.54, 1.807) is 0 Å². The first-order chi connectivity index (χ1) is 5.90. The van der Waals surface area contributed by atoms with E-state index in [0.717, 1.165) is 25.9 Å². The number of amides is 1. The van der Waals surface area contributed by atoms with Crippen LogP contribution in [0.4, 0.5) is 0 Å². The molecule has 0 saturated carbocycles. The molecule has 76 valence electrons. The maximum atomic E-state index is 11.7. The molecule has 13 heavy (non-hydrogen) atoms. The van der Waals surface area contributed by atoms with Crippen molar-refractivity contribution in [3.63, 3.8) is 0 Å². The fraction of sp³-hybridized carbons (Fsp3) is 0.900. The van der Waals surface area contributed by atoms with E-state index in [9.17, 15) is 4.79 Å². The molecular formula is C10H18BrNO. The number of hydrogen-bond acceptors (Lipinski definition) is 1. The molecule has 2 nitrogen and oxygen atoms in total. The van der Waals surface area contributed by atoms with Gasteiger partial charge in [-0.1, -0.05) is 36.7 Å². The van der Waals surface area contributed by atoms with Crippen molar-refractivity contribution in [1.82, 2.24) is 4.90 Å². The molecule has 0 radical (unpaired) electrons. The summed E-state index contributed by atoms with van der Waals surface area (Å²) in [5.74, 6) is 0.265. The predicted molar refractivity (Wildman–Crippen MR) is 58.0 cm³/mol. The van der Waals surface area contributed by atoms with Gasteiger partial charge in [0.15, 0.2) is 0 Å². The summed E-state index contributed by atoms with van der Waals surface area (Å²) in [5, 5.41) is 0. The van der Waals surface area contributed by atoms with Crippen LogP contribution in [0, 0.1) is 5.41 Å². The van der Waals surface area contributed by atoms with E-state index in [0.29, 0.717) is 0 Å². The van der Waals surface area contributed by atoms with Gasteiger partial charge in [0.1, 0.15) is 0 Å². The summed E-state index contributed by atoms with van der Waals surface area (Å²) in [6.45, 7) is 8.29. The van der Waals surface area contributed by atoms with Gasteiger partial charge in [-0.3, -0.25) is 4.79 Å². The van der Waals surface area contributed by atoms with Crippen molar-refractivity contribution in [2.24, 2.45) is 5.41 Å². The van der Waals surface area contributed by atoms with Gasteiger partial charge in [-0.05, 0) is 18.3 Å². The molecule has 0 aromatic heterocycles.